The van der Waals surface area contributed by atoms with Crippen molar-refractivity contribution in [1.29, 1.82) is 0 Å². The fraction of sp³-hybridized carbons (Fsp3) is 0.200. The summed E-state index contributed by atoms with van der Waals surface area (Å²) in [6.07, 6.45) is 0.850. The second kappa shape index (κ2) is 8.64. The third-order valence-corrected chi connectivity index (χ3v) is 4.60. The number of hydrogen-bond donors (Lipinski definition) is 1. The summed E-state index contributed by atoms with van der Waals surface area (Å²) in [4.78, 5) is 16.6. The van der Waals surface area contributed by atoms with Gasteiger partial charge in [-0.3, -0.25) is 4.79 Å². The van der Waals surface area contributed by atoms with E-state index < -0.39 is 5.82 Å². The van der Waals surface area contributed by atoms with E-state index in [-0.39, 0.29) is 11.6 Å². The lowest BCUT2D eigenvalue weighted by Gasteiger charge is -2.06. The van der Waals surface area contributed by atoms with Crippen LogP contribution < -0.4 is 14.8 Å². The van der Waals surface area contributed by atoms with Gasteiger partial charge in [-0.25, -0.2) is 9.37 Å². The van der Waals surface area contributed by atoms with Crippen LogP contribution in [0.1, 0.15) is 23.8 Å². The highest BCUT2D eigenvalue weighted by Crippen LogP contribution is 2.29. The average Bonchev–Trinajstić information content (AvgIpc) is 3.17. The molecule has 1 N–H and O–H groups in total. The molecular weight excluding hydrogens is 367 g/mol. The Hall–Kier alpha value is -2.93. The summed E-state index contributed by atoms with van der Waals surface area (Å²) >= 11 is 1.21. The maximum Gasteiger partial charge on any atom is 0.275 e. The number of benzene rings is 2. The van der Waals surface area contributed by atoms with Crippen molar-refractivity contribution >= 4 is 22.9 Å². The van der Waals surface area contributed by atoms with E-state index >= 15 is 0 Å². The SMILES string of the molecule is CCCOc1ccc(-c2nc(C(=O)Nc3ccc(OC)cc3)cs2)c(F)c1. The fourth-order valence-corrected chi connectivity index (χ4v) is 3.18. The number of carbonyl (C=O) groups excluding carboxylic acids is 1. The fourth-order valence-electron chi connectivity index (χ4n) is 2.35. The third-order valence-electron chi connectivity index (χ3n) is 3.73. The summed E-state index contributed by atoms with van der Waals surface area (Å²) in [6, 6.07) is 11.6. The Labute approximate surface area is 160 Å². The van der Waals surface area contributed by atoms with Crippen molar-refractivity contribution in [3.05, 3.63) is 59.4 Å². The number of rotatable bonds is 7. The van der Waals surface area contributed by atoms with Gasteiger partial charge in [0.1, 0.15) is 28.0 Å². The molecule has 0 saturated carbocycles. The summed E-state index contributed by atoms with van der Waals surface area (Å²) in [7, 11) is 1.58. The highest BCUT2D eigenvalue weighted by molar-refractivity contribution is 7.13. The van der Waals surface area contributed by atoms with Gasteiger partial charge in [0.25, 0.3) is 5.91 Å². The quantitative estimate of drug-likeness (QED) is 0.621. The molecule has 0 saturated heterocycles. The Morgan fingerprint density at radius 2 is 1.93 bits per heavy atom. The number of halogens is 1. The van der Waals surface area contributed by atoms with E-state index in [1.54, 1.807) is 48.9 Å². The van der Waals surface area contributed by atoms with Gasteiger partial charge in [-0.1, -0.05) is 6.92 Å². The van der Waals surface area contributed by atoms with Crippen LogP contribution in [0.2, 0.25) is 0 Å². The van der Waals surface area contributed by atoms with Crippen molar-refractivity contribution in [2.75, 3.05) is 19.0 Å². The number of hydrogen-bond acceptors (Lipinski definition) is 5. The largest absolute Gasteiger partial charge is 0.497 e. The van der Waals surface area contributed by atoms with Crippen LogP contribution in [-0.4, -0.2) is 24.6 Å². The normalized spacial score (nSPS) is 10.5. The molecule has 2 aromatic carbocycles. The van der Waals surface area contributed by atoms with Crippen molar-refractivity contribution in [2.45, 2.75) is 13.3 Å². The van der Waals surface area contributed by atoms with Crippen molar-refractivity contribution in [3.63, 3.8) is 0 Å². The van der Waals surface area contributed by atoms with E-state index in [2.05, 4.69) is 10.3 Å². The van der Waals surface area contributed by atoms with E-state index in [1.165, 1.54) is 17.4 Å². The Bertz CT molecular complexity index is 925. The Balaban J connectivity index is 1.72. The highest BCUT2D eigenvalue weighted by atomic mass is 32.1. The minimum atomic E-state index is -0.430. The van der Waals surface area contributed by atoms with Gasteiger partial charge in [-0.05, 0) is 42.8 Å². The van der Waals surface area contributed by atoms with E-state index in [1.807, 2.05) is 6.92 Å². The van der Waals surface area contributed by atoms with E-state index in [0.29, 0.717) is 34.4 Å². The first-order valence-corrected chi connectivity index (χ1v) is 9.32. The zero-order valence-electron chi connectivity index (χ0n) is 15.0. The zero-order chi connectivity index (χ0) is 19.2. The average molecular weight is 386 g/mol. The van der Waals surface area contributed by atoms with Crippen LogP contribution in [0.15, 0.2) is 47.8 Å². The van der Waals surface area contributed by atoms with Gasteiger partial charge in [0.05, 0.1) is 13.7 Å². The molecular formula is C20H19FN2O3S. The Morgan fingerprint density at radius 1 is 1.19 bits per heavy atom. The molecule has 1 heterocycles. The lowest BCUT2D eigenvalue weighted by atomic mass is 10.2. The molecule has 0 fully saturated rings. The van der Waals surface area contributed by atoms with Gasteiger partial charge >= 0.3 is 0 Å². The predicted octanol–water partition coefficient (Wildman–Crippen LogP) is 5.00. The maximum absolute atomic E-state index is 14.4. The minimum absolute atomic E-state index is 0.233. The van der Waals surface area contributed by atoms with Crippen LogP contribution in [0.3, 0.4) is 0 Å². The number of nitrogens with zero attached hydrogens (tertiary/aromatic N) is 1. The lowest BCUT2D eigenvalue weighted by molar-refractivity contribution is 0.102. The van der Waals surface area contributed by atoms with Crippen LogP contribution in [0.5, 0.6) is 11.5 Å². The zero-order valence-corrected chi connectivity index (χ0v) is 15.8. The van der Waals surface area contributed by atoms with Gasteiger partial charge < -0.3 is 14.8 Å². The van der Waals surface area contributed by atoms with Crippen molar-refractivity contribution in [1.82, 2.24) is 4.98 Å². The highest BCUT2D eigenvalue weighted by Gasteiger charge is 2.15. The third kappa shape index (κ3) is 4.62. The van der Waals surface area contributed by atoms with Gasteiger partial charge in [-0.2, -0.15) is 0 Å². The first-order valence-electron chi connectivity index (χ1n) is 8.44. The summed E-state index contributed by atoms with van der Waals surface area (Å²) in [5.74, 6) is 0.393. The van der Waals surface area contributed by atoms with E-state index in [9.17, 15) is 9.18 Å². The van der Waals surface area contributed by atoms with Crippen molar-refractivity contribution in [3.8, 4) is 22.1 Å². The summed E-state index contributed by atoms with van der Waals surface area (Å²) in [5, 5.41) is 4.80. The first-order chi connectivity index (χ1) is 13.1. The van der Waals surface area contributed by atoms with E-state index in [0.717, 1.165) is 6.42 Å². The second-order valence-corrected chi connectivity index (χ2v) is 6.57. The lowest BCUT2D eigenvalue weighted by Crippen LogP contribution is -2.12. The Morgan fingerprint density at radius 3 is 2.59 bits per heavy atom. The molecule has 0 aliphatic carbocycles. The van der Waals surface area contributed by atoms with Gasteiger partial charge in [0, 0.05) is 22.7 Å². The molecule has 0 aliphatic rings. The summed E-state index contributed by atoms with van der Waals surface area (Å²) in [5.41, 5.74) is 1.20. The Kier molecular flexibility index (Phi) is 6.03. The summed E-state index contributed by atoms with van der Waals surface area (Å²) in [6.45, 7) is 2.52. The summed E-state index contributed by atoms with van der Waals surface area (Å²) < 4.78 is 24.9. The number of amides is 1. The van der Waals surface area contributed by atoms with Crippen molar-refractivity contribution in [2.24, 2.45) is 0 Å². The van der Waals surface area contributed by atoms with Crippen LogP contribution in [0.25, 0.3) is 10.6 Å². The molecule has 0 unspecified atom stereocenters. The van der Waals surface area contributed by atoms with Gasteiger partial charge in [0.15, 0.2) is 0 Å². The molecule has 27 heavy (non-hydrogen) atoms. The number of aromatic nitrogens is 1. The number of methoxy groups -OCH3 is 1. The number of thiazole rings is 1. The molecule has 0 bridgehead atoms. The smallest absolute Gasteiger partial charge is 0.275 e. The molecule has 0 radical (unpaired) electrons. The maximum atomic E-state index is 14.4. The monoisotopic (exact) mass is 386 g/mol. The predicted molar refractivity (Wildman–Crippen MR) is 104 cm³/mol. The number of carbonyl (C=O) groups is 1. The molecule has 0 aliphatic heterocycles. The number of ether oxygens (including phenoxy) is 2. The topological polar surface area (TPSA) is 60.5 Å². The van der Waals surface area contributed by atoms with Crippen LogP contribution >= 0.6 is 11.3 Å². The second-order valence-electron chi connectivity index (χ2n) is 5.71. The van der Waals surface area contributed by atoms with Crippen LogP contribution in [0.4, 0.5) is 10.1 Å². The molecule has 0 atom stereocenters. The van der Waals surface area contributed by atoms with Crippen LogP contribution in [-0.2, 0) is 0 Å². The molecule has 3 aromatic rings. The molecule has 3 rings (SSSR count). The molecule has 0 spiro atoms. The first kappa shape index (κ1) is 18.8. The molecule has 7 heteroatoms. The molecule has 5 nitrogen and oxygen atoms in total. The molecule has 140 valence electrons. The number of nitrogens with one attached hydrogen (secondary N) is 1. The minimum Gasteiger partial charge on any atom is -0.497 e. The standard InChI is InChI=1S/C20H19FN2O3S/c1-3-10-26-15-8-9-16(17(21)11-15)20-23-18(12-27-20)19(24)22-13-4-6-14(25-2)7-5-13/h4-9,11-12H,3,10H2,1-2H3,(H,22,24). The van der Waals surface area contributed by atoms with E-state index in [4.69, 9.17) is 9.47 Å². The van der Waals surface area contributed by atoms with Crippen LogP contribution in [0, 0.1) is 5.82 Å². The van der Waals surface area contributed by atoms with Gasteiger partial charge in [0.2, 0.25) is 0 Å². The molecule has 1 amide bonds. The number of anilines is 1. The molecule has 1 aromatic heterocycles. The van der Waals surface area contributed by atoms with Crippen molar-refractivity contribution < 1.29 is 18.7 Å². The van der Waals surface area contributed by atoms with Gasteiger partial charge in [-0.15, -0.1) is 11.3 Å².